The van der Waals surface area contributed by atoms with Gasteiger partial charge < -0.3 is 0 Å². The number of allylic oxidation sites excluding steroid dienone is 2. The largest absolute Gasteiger partial charge is 0.416 e. The Labute approximate surface area is 128 Å². The third-order valence-electron chi connectivity index (χ3n) is 2.81. The van der Waals surface area contributed by atoms with Crippen LogP contribution >= 0.6 is 0 Å². The smallest absolute Gasteiger partial charge is 0.267 e. The highest BCUT2D eigenvalue weighted by Crippen LogP contribution is 2.31. The quantitative estimate of drug-likeness (QED) is 0.758. The second kappa shape index (κ2) is 6.56. The number of hydrogen-bond acceptors (Lipinski definition) is 2. The molecule has 0 aromatic heterocycles. The summed E-state index contributed by atoms with van der Waals surface area (Å²) in [5.74, 6) is 0. The molecule has 0 saturated carbocycles. The molecule has 0 amide bonds. The van der Waals surface area contributed by atoms with Gasteiger partial charge in [0, 0.05) is 12.2 Å². The molecular weight excluding hydrogens is 315 g/mol. The summed E-state index contributed by atoms with van der Waals surface area (Å²) in [7, 11) is -4.09. The first-order valence-electron chi connectivity index (χ1n) is 6.54. The summed E-state index contributed by atoms with van der Waals surface area (Å²) in [5, 5.41) is 0. The van der Waals surface area contributed by atoms with Crippen molar-refractivity contribution < 1.29 is 21.6 Å². The van der Waals surface area contributed by atoms with Crippen LogP contribution in [0.3, 0.4) is 0 Å². The highest BCUT2D eigenvalue weighted by molar-refractivity contribution is 7.89. The summed E-state index contributed by atoms with van der Waals surface area (Å²) in [5.41, 5.74) is 0.0417. The van der Waals surface area contributed by atoms with E-state index in [0.29, 0.717) is 6.07 Å². The van der Waals surface area contributed by atoms with E-state index in [1.165, 1.54) is 0 Å². The monoisotopic (exact) mass is 333 g/mol. The third kappa shape index (κ3) is 4.13. The molecule has 0 saturated heterocycles. The summed E-state index contributed by atoms with van der Waals surface area (Å²) < 4.78 is 64.3. The molecule has 0 N–H and O–H groups in total. The van der Waals surface area contributed by atoms with Gasteiger partial charge in [-0.25, -0.2) is 8.42 Å². The second-order valence-corrected chi connectivity index (χ2v) is 6.77. The van der Waals surface area contributed by atoms with Gasteiger partial charge in [0.05, 0.1) is 10.5 Å². The zero-order valence-corrected chi connectivity index (χ0v) is 13.4. The van der Waals surface area contributed by atoms with Gasteiger partial charge in [0.15, 0.2) is 0 Å². The van der Waals surface area contributed by atoms with Gasteiger partial charge in [0.25, 0.3) is 10.0 Å². The van der Waals surface area contributed by atoms with E-state index in [4.69, 9.17) is 0 Å². The van der Waals surface area contributed by atoms with Crippen molar-refractivity contribution in [2.24, 2.45) is 0 Å². The van der Waals surface area contributed by atoms with E-state index in [1.807, 2.05) is 0 Å². The minimum Gasteiger partial charge on any atom is -0.267 e. The first-order valence-corrected chi connectivity index (χ1v) is 7.98. The fourth-order valence-corrected chi connectivity index (χ4v) is 3.38. The van der Waals surface area contributed by atoms with Gasteiger partial charge in [-0.3, -0.25) is 4.31 Å². The van der Waals surface area contributed by atoms with Crippen LogP contribution in [0.2, 0.25) is 0 Å². The second-order valence-electron chi connectivity index (χ2n) is 4.91. The van der Waals surface area contributed by atoms with Gasteiger partial charge in [0.1, 0.15) is 0 Å². The molecule has 0 aliphatic carbocycles. The van der Waals surface area contributed by atoms with Crippen molar-refractivity contribution in [3.05, 3.63) is 53.8 Å². The molecule has 0 aliphatic rings. The molecule has 0 unspecified atom stereocenters. The normalized spacial score (nSPS) is 11.9. The molecule has 0 fully saturated rings. The Balaban J connectivity index is 3.34. The summed E-state index contributed by atoms with van der Waals surface area (Å²) in [4.78, 5) is -0.410. The van der Waals surface area contributed by atoms with Gasteiger partial charge in [0.2, 0.25) is 0 Å². The van der Waals surface area contributed by atoms with Crippen LogP contribution in [0.15, 0.2) is 53.1 Å². The number of halogens is 3. The predicted molar refractivity (Wildman–Crippen MR) is 79.6 cm³/mol. The average molecular weight is 333 g/mol. The fourth-order valence-electron chi connectivity index (χ4n) is 1.89. The van der Waals surface area contributed by atoms with E-state index in [0.717, 1.165) is 28.1 Å². The molecule has 0 radical (unpaired) electrons. The van der Waals surface area contributed by atoms with Crippen LogP contribution in [-0.2, 0) is 16.2 Å². The van der Waals surface area contributed by atoms with E-state index < -0.39 is 26.7 Å². The van der Waals surface area contributed by atoms with Gasteiger partial charge in [-0.2, -0.15) is 13.2 Å². The maximum absolute atomic E-state index is 12.7. The topological polar surface area (TPSA) is 37.4 Å². The van der Waals surface area contributed by atoms with Crippen molar-refractivity contribution in [1.29, 1.82) is 0 Å². The number of benzene rings is 1. The van der Waals surface area contributed by atoms with E-state index in [-0.39, 0.29) is 12.2 Å². The third-order valence-corrected chi connectivity index (χ3v) is 4.73. The van der Waals surface area contributed by atoms with E-state index in [9.17, 15) is 21.6 Å². The molecule has 7 heteroatoms. The Bertz CT molecular complexity index is 687. The van der Waals surface area contributed by atoms with Crippen LogP contribution in [0.5, 0.6) is 0 Å². The molecule has 1 aromatic rings. The lowest BCUT2D eigenvalue weighted by atomic mass is 10.2. The van der Waals surface area contributed by atoms with Crippen molar-refractivity contribution in [3.8, 4) is 0 Å². The molecule has 0 atom stereocenters. The van der Waals surface area contributed by atoms with Gasteiger partial charge in [-0.1, -0.05) is 18.2 Å². The van der Waals surface area contributed by atoms with Crippen LogP contribution in [0.4, 0.5) is 13.2 Å². The van der Waals surface area contributed by atoms with E-state index in [1.54, 1.807) is 26.8 Å². The first kappa shape index (κ1) is 18.3. The maximum Gasteiger partial charge on any atom is 0.416 e. The van der Waals surface area contributed by atoms with Crippen LogP contribution in [0.25, 0.3) is 0 Å². The number of nitrogens with zero attached hydrogens (tertiary/aromatic N) is 1. The maximum atomic E-state index is 12.7. The average Bonchev–Trinajstić information content (AvgIpc) is 2.37. The first-order chi connectivity index (χ1) is 10.00. The standard InChI is InChI=1S/C15H18F3NO2S/c1-5-19(12(4)9-11(2)3)22(20,21)14-8-6-7-13(10-14)15(16,17)18/h6-10H,4-5H2,1-3H3. The number of rotatable bonds is 5. The van der Waals surface area contributed by atoms with Crippen molar-refractivity contribution in [1.82, 2.24) is 4.31 Å². The molecule has 3 nitrogen and oxygen atoms in total. The van der Waals surface area contributed by atoms with E-state index >= 15 is 0 Å². The zero-order chi connectivity index (χ0) is 17.1. The van der Waals surface area contributed by atoms with Crippen LogP contribution in [0.1, 0.15) is 26.3 Å². The fraction of sp³-hybridized carbons (Fsp3) is 0.333. The number of hydrogen-bond donors (Lipinski definition) is 0. The minimum atomic E-state index is -4.60. The molecule has 22 heavy (non-hydrogen) atoms. The molecule has 0 spiro atoms. The van der Waals surface area contributed by atoms with Crippen molar-refractivity contribution in [2.75, 3.05) is 6.54 Å². The van der Waals surface area contributed by atoms with Crippen LogP contribution in [-0.4, -0.2) is 19.3 Å². The Morgan fingerprint density at radius 1 is 1.32 bits per heavy atom. The highest BCUT2D eigenvalue weighted by atomic mass is 32.2. The molecule has 0 heterocycles. The molecule has 1 rings (SSSR count). The van der Waals surface area contributed by atoms with E-state index in [2.05, 4.69) is 6.58 Å². The predicted octanol–water partition coefficient (Wildman–Crippen LogP) is 4.20. The summed E-state index contributed by atoms with van der Waals surface area (Å²) in [6.45, 7) is 8.89. The van der Waals surface area contributed by atoms with Gasteiger partial charge in [-0.05, 0) is 45.0 Å². The molecule has 1 aromatic carbocycles. The Morgan fingerprint density at radius 2 is 1.91 bits per heavy atom. The van der Waals surface area contributed by atoms with Crippen LogP contribution in [0, 0.1) is 0 Å². The number of likely N-dealkylation sites (N-methyl/N-ethyl adjacent to an activating group) is 1. The molecular formula is C15H18F3NO2S. The summed E-state index contributed by atoms with van der Waals surface area (Å²) in [6, 6.07) is 3.68. The molecule has 0 bridgehead atoms. The van der Waals surface area contributed by atoms with Gasteiger partial charge in [-0.15, -0.1) is 0 Å². The Morgan fingerprint density at radius 3 is 2.36 bits per heavy atom. The van der Waals surface area contributed by atoms with Crippen LogP contribution < -0.4 is 0 Å². The highest BCUT2D eigenvalue weighted by Gasteiger charge is 2.32. The number of alkyl halides is 3. The lowest BCUT2D eigenvalue weighted by Crippen LogP contribution is -2.29. The Hall–Kier alpha value is -1.76. The lowest BCUT2D eigenvalue weighted by Gasteiger charge is -2.23. The molecule has 0 aliphatic heterocycles. The number of sulfonamides is 1. The molecule has 122 valence electrons. The zero-order valence-electron chi connectivity index (χ0n) is 12.6. The summed E-state index contributed by atoms with van der Waals surface area (Å²) in [6.07, 6.45) is -3.03. The SMILES string of the molecule is C=C(C=C(C)C)N(CC)S(=O)(=O)c1cccc(C(F)(F)F)c1. The van der Waals surface area contributed by atoms with Crippen molar-refractivity contribution >= 4 is 10.0 Å². The van der Waals surface area contributed by atoms with Crippen molar-refractivity contribution in [3.63, 3.8) is 0 Å². The summed E-state index contributed by atoms with van der Waals surface area (Å²) >= 11 is 0. The lowest BCUT2D eigenvalue weighted by molar-refractivity contribution is -0.137. The Kier molecular flexibility index (Phi) is 5.45. The van der Waals surface area contributed by atoms with Crippen molar-refractivity contribution in [2.45, 2.75) is 31.8 Å². The van der Waals surface area contributed by atoms with Gasteiger partial charge >= 0.3 is 6.18 Å². The minimum absolute atomic E-state index is 0.0706.